The van der Waals surface area contributed by atoms with Gasteiger partial charge in [0.05, 0.1) is 13.1 Å². The number of carbonyl (C=O) groups excluding carboxylic acids is 2. The van der Waals surface area contributed by atoms with E-state index in [1.54, 1.807) is 9.80 Å². The minimum Gasteiger partial charge on any atom is -0.332 e. The van der Waals surface area contributed by atoms with E-state index in [0.717, 1.165) is 12.8 Å². The van der Waals surface area contributed by atoms with Crippen molar-refractivity contribution >= 4 is 11.8 Å². The zero-order valence-electron chi connectivity index (χ0n) is 10.1. The Kier molecular flexibility index (Phi) is 4.73. The third-order valence-electron chi connectivity index (χ3n) is 2.85. The summed E-state index contributed by atoms with van der Waals surface area (Å²) in [5, 5.41) is 0. The first-order chi connectivity index (χ1) is 7.58. The molecule has 16 heavy (non-hydrogen) atoms. The van der Waals surface area contributed by atoms with Crippen molar-refractivity contribution in [3.63, 3.8) is 0 Å². The summed E-state index contributed by atoms with van der Waals surface area (Å²) in [6.45, 7) is 5.42. The van der Waals surface area contributed by atoms with Gasteiger partial charge in [-0.05, 0) is 13.3 Å². The normalized spacial score (nSPS) is 19.2. The third kappa shape index (κ3) is 3.20. The predicted molar refractivity (Wildman–Crippen MR) is 61.7 cm³/mol. The molecule has 0 bridgehead atoms. The molecule has 2 N–H and O–H groups in total. The van der Waals surface area contributed by atoms with E-state index in [2.05, 4.69) is 6.92 Å². The summed E-state index contributed by atoms with van der Waals surface area (Å²) in [5.41, 5.74) is 5.87. The van der Waals surface area contributed by atoms with E-state index in [4.69, 9.17) is 5.73 Å². The Morgan fingerprint density at radius 3 is 2.31 bits per heavy atom. The van der Waals surface area contributed by atoms with Crippen LogP contribution < -0.4 is 5.73 Å². The Morgan fingerprint density at radius 2 is 1.75 bits per heavy atom. The molecule has 0 radical (unpaired) electrons. The van der Waals surface area contributed by atoms with Crippen LogP contribution in [0.5, 0.6) is 0 Å². The molecule has 1 saturated heterocycles. The van der Waals surface area contributed by atoms with Gasteiger partial charge in [-0.15, -0.1) is 0 Å². The number of piperazine rings is 1. The molecular weight excluding hydrogens is 206 g/mol. The van der Waals surface area contributed by atoms with Gasteiger partial charge < -0.3 is 15.5 Å². The largest absolute Gasteiger partial charge is 0.332 e. The lowest BCUT2D eigenvalue weighted by Crippen LogP contribution is -2.55. The molecule has 1 atom stereocenters. The predicted octanol–water partition coefficient (Wildman–Crippen LogP) is -0.195. The van der Waals surface area contributed by atoms with Crippen LogP contribution in [-0.4, -0.2) is 53.8 Å². The van der Waals surface area contributed by atoms with Crippen molar-refractivity contribution in [2.45, 2.75) is 32.7 Å². The van der Waals surface area contributed by atoms with Gasteiger partial charge in [0.15, 0.2) is 0 Å². The highest BCUT2D eigenvalue weighted by Gasteiger charge is 2.29. The van der Waals surface area contributed by atoms with Crippen molar-refractivity contribution in [1.29, 1.82) is 0 Å². The number of likely N-dealkylation sites (N-methyl/N-ethyl adjacent to an activating group) is 1. The van der Waals surface area contributed by atoms with E-state index >= 15 is 0 Å². The molecule has 0 aromatic rings. The summed E-state index contributed by atoms with van der Waals surface area (Å²) < 4.78 is 0. The van der Waals surface area contributed by atoms with E-state index in [1.807, 2.05) is 6.92 Å². The van der Waals surface area contributed by atoms with Gasteiger partial charge in [-0.2, -0.15) is 0 Å². The van der Waals surface area contributed by atoms with Crippen molar-refractivity contribution in [1.82, 2.24) is 9.80 Å². The first-order valence-electron chi connectivity index (χ1n) is 5.89. The van der Waals surface area contributed by atoms with Crippen LogP contribution in [0.2, 0.25) is 0 Å². The van der Waals surface area contributed by atoms with E-state index in [-0.39, 0.29) is 30.9 Å². The maximum Gasteiger partial charge on any atom is 0.242 e. The van der Waals surface area contributed by atoms with Gasteiger partial charge in [0.25, 0.3) is 0 Å². The van der Waals surface area contributed by atoms with Crippen LogP contribution in [0.25, 0.3) is 0 Å². The highest BCUT2D eigenvalue weighted by molar-refractivity contribution is 5.92. The lowest BCUT2D eigenvalue weighted by atomic mass is 10.1. The Balaban J connectivity index is 2.50. The molecule has 5 nitrogen and oxygen atoms in total. The second kappa shape index (κ2) is 5.84. The molecule has 2 amide bonds. The molecule has 0 spiro atoms. The summed E-state index contributed by atoms with van der Waals surface area (Å²) in [4.78, 5) is 26.5. The molecule has 0 saturated carbocycles. The van der Waals surface area contributed by atoms with Gasteiger partial charge in [-0.25, -0.2) is 0 Å². The SMILES string of the molecule is CCCC(N)CN1CC(=O)N(CC)CC1=O. The second-order valence-corrected chi connectivity index (χ2v) is 4.23. The lowest BCUT2D eigenvalue weighted by molar-refractivity contribution is -0.150. The number of rotatable bonds is 5. The number of nitrogens with two attached hydrogens (primary N) is 1. The fraction of sp³-hybridized carbons (Fsp3) is 0.818. The Morgan fingerprint density at radius 1 is 1.19 bits per heavy atom. The number of hydrogen-bond donors (Lipinski definition) is 1. The third-order valence-corrected chi connectivity index (χ3v) is 2.85. The highest BCUT2D eigenvalue weighted by Crippen LogP contribution is 2.06. The highest BCUT2D eigenvalue weighted by atomic mass is 16.2. The average Bonchev–Trinajstić information content (AvgIpc) is 2.23. The van der Waals surface area contributed by atoms with Crippen molar-refractivity contribution < 1.29 is 9.59 Å². The standard InChI is InChI=1S/C11H21N3O2/c1-3-5-9(12)6-14-8-10(15)13(4-2)7-11(14)16/h9H,3-8,12H2,1-2H3. The Bertz CT molecular complexity index is 268. The van der Waals surface area contributed by atoms with E-state index in [9.17, 15) is 9.59 Å². The molecule has 0 aromatic heterocycles. The van der Waals surface area contributed by atoms with Gasteiger partial charge in [-0.1, -0.05) is 13.3 Å². The fourth-order valence-electron chi connectivity index (χ4n) is 1.90. The van der Waals surface area contributed by atoms with Crippen molar-refractivity contribution in [3.05, 3.63) is 0 Å². The van der Waals surface area contributed by atoms with Gasteiger partial charge in [0, 0.05) is 19.1 Å². The van der Waals surface area contributed by atoms with Gasteiger partial charge in [0.1, 0.15) is 0 Å². The topological polar surface area (TPSA) is 66.6 Å². The van der Waals surface area contributed by atoms with Gasteiger partial charge in [0.2, 0.25) is 11.8 Å². The van der Waals surface area contributed by atoms with Gasteiger partial charge >= 0.3 is 0 Å². The maximum atomic E-state index is 11.7. The van der Waals surface area contributed by atoms with Crippen LogP contribution in [0.4, 0.5) is 0 Å². The number of amides is 2. The molecule has 1 heterocycles. The van der Waals surface area contributed by atoms with Crippen LogP contribution in [0.3, 0.4) is 0 Å². The quantitative estimate of drug-likeness (QED) is 0.707. The minimum atomic E-state index is -0.0186. The molecule has 1 fully saturated rings. The summed E-state index contributed by atoms with van der Waals surface area (Å²) >= 11 is 0. The first kappa shape index (κ1) is 13.0. The first-order valence-corrected chi connectivity index (χ1v) is 5.89. The molecule has 0 aliphatic carbocycles. The van der Waals surface area contributed by atoms with E-state index < -0.39 is 0 Å². The second-order valence-electron chi connectivity index (χ2n) is 4.23. The Labute approximate surface area is 96.6 Å². The summed E-state index contributed by atoms with van der Waals surface area (Å²) in [7, 11) is 0. The van der Waals surface area contributed by atoms with Crippen molar-refractivity contribution in [3.8, 4) is 0 Å². The molecular formula is C11H21N3O2. The van der Waals surface area contributed by atoms with E-state index in [0.29, 0.717) is 13.1 Å². The molecule has 0 aromatic carbocycles. The zero-order chi connectivity index (χ0) is 12.1. The van der Waals surface area contributed by atoms with Crippen LogP contribution >= 0.6 is 0 Å². The Hall–Kier alpha value is -1.10. The number of hydrogen-bond acceptors (Lipinski definition) is 3. The number of carbonyl (C=O) groups is 2. The van der Waals surface area contributed by atoms with Crippen LogP contribution in [0, 0.1) is 0 Å². The van der Waals surface area contributed by atoms with E-state index in [1.165, 1.54) is 0 Å². The van der Waals surface area contributed by atoms with Crippen LogP contribution in [0.1, 0.15) is 26.7 Å². The lowest BCUT2D eigenvalue weighted by Gasteiger charge is -2.34. The minimum absolute atomic E-state index is 0.00741. The summed E-state index contributed by atoms with van der Waals surface area (Å²) in [5.74, 6) is 0.0267. The van der Waals surface area contributed by atoms with Gasteiger partial charge in [-0.3, -0.25) is 9.59 Å². The maximum absolute atomic E-state index is 11.7. The monoisotopic (exact) mass is 227 g/mol. The summed E-state index contributed by atoms with van der Waals surface area (Å²) in [6.07, 6.45) is 1.88. The summed E-state index contributed by atoms with van der Waals surface area (Å²) in [6, 6.07) is -0.0186. The molecule has 5 heteroatoms. The van der Waals surface area contributed by atoms with Crippen molar-refractivity contribution in [2.24, 2.45) is 5.73 Å². The van der Waals surface area contributed by atoms with Crippen LogP contribution in [-0.2, 0) is 9.59 Å². The molecule has 1 aliphatic rings. The van der Waals surface area contributed by atoms with Crippen molar-refractivity contribution in [2.75, 3.05) is 26.2 Å². The smallest absolute Gasteiger partial charge is 0.242 e. The zero-order valence-corrected chi connectivity index (χ0v) is 10.1. The molecule has 92 valence electrons. The van der Waals surface area contributed by atoms with Crippen LogP contribution in [0.15, 0.2) is 0 Å². The molecule has 1 unspecified atom stereocenters. The molecule has 1 rings (SSSR count). The average molecular weight is 227 g/mol. The fourth-order valence-corrected chi connectivity index (χ4v) is 1.90. The number of nitrogens with zero attached hydrogens (tertiary/aromatic N) is 2. The molecule has 1 aliphatic heterocycles.